The van der Waals surface area contributed by atoms with E-state index in [1.54, 1.807) is 10.5 Å². The van der Waals surface area contributed by atoms with Crippen molar-refractivity contribution in [2.45, 2.75) is 247 Å². The molecule has 0 saturated heterocycles. The van der Waals surface area contributed by atoms with Crippen LogP contribution in [0, 0.1) is 46.3 Å². The van der Waals surface area contributed by atoms with Crippen molar-refractivity contribution in [3.05, 3.63) is 11.6 Å². The first-order valence-corrected chi connectivity index (χ1v) is 27.8. The minimum atomic E-state index is -0.279. The van der Waals surface area contributed by atoms with Crippen LogP contribution in [0.3, 0.4) is 0 Å². The van der Waals surface area contributed by atoms with Crippen molar-refractivity contribution in [1.29, 1.82) is 0 Å². The predicted octanol–water partition coefficient (Wildman–Crippen LogP) is 13.8. The smallest absolute Gasteiger partial charge is 0.407 e. The van der Waals surface area contributed by atoms with Gasteiger partial charge in [0.05, 0.1) is 6.54 Å². The second-order valence-electron chi connectivity index (χ2n) is 22.6. The Balaban J connectivity index is 1.11. The minimum absolute atomic E-state index is 0.0339. The number of allylic oxidation sites excluding steroid dienone is 1. The lowest BCUT2D eigenvalue weighted by Crippen LogP contribution is -2.51. The van der Waals surface area contributed by atoms with Gasteiger partial charge in [-0.05, 0) is 130 Å². The molecule has 0 bridgehead atoms. The number of nitrogens with one attached hydrogen (secondary N) is 2. The van der Waals surface area contributed by atoms with Crippen molar-refractivity contribution in [1.82, 2.24) is 15.5 Å². The summed E-state index contributed by atoms with van der Waals surface area (Å²) < 4.78 is 6.07. The molecule has 4 aliphatic rings. The van der Waals surface area contributed by atoms with Gasteiger partial charge < -0.3 is 26.0 Å². The predicted molar refractivity (Wildman–Crippen MR) is 268 cm³/mol. The molecular weight excluding hydrogens is 793 g/mol. The third-order valence-electron chi connectivity index (χ3n) is 17.3. The third kappa shape index (κ3) is 17.5. The Morgan fingerprint density at radius 3 is 2.06 bits per heavy atom. The number of rotatable bonds is 33. The Labute approximate surface area is 394 Å². The van der Waals surface area contributed by atoms with E-state index < -0.39 is 0 Å². The minimum Gasteiger partial charge on any atom is -0.446 e. The Morgan fingerprint density at radius 1 is 0.734 bits per heavy atom. The molecule has 64 heavy (non-hydrogen) atoms. The van der Waals surface area contributed by atoms with Crippen molar-refractivity contribution in [3.63, 3.8) is 0 Å². The molecule has 0 radical (unpaired) electrons. The van der Waals surface area contributed by atoms with E-state index in [2.05, 4.69) is 58.3 Å². The summed E-state index contributed by atoms with van der Waals surface area (Å²) in [5.41, 5.74) is 7.95. The highest BCUT2D eigenvalue weighted by Gasteiger charge is 2.59. The number of amides is 3. The van der Waals surface area contributed by atoms with Gasteiger partial charge in [-0.25, -0.2) is 4.79 Å². The first-order valence-electron chi connectivity index (χ1n) is 27.8. The van der Waals surface area contributed by atoms with Crippen LogP contribution in [-0.2, 0) is 14.3 Å². The van der Waals surface area contributed by atoms with E-state index in [4.69, 9.17) is 10.5 Å². The summed E-state index contributed by atoms with van der Waals surface area (Å²) in [6.45, 7) is 17.4. The number of alkyl carbamates (subject to hydrolysis) is 1. The van der Waals surface area contributed by atoms with Crippen LogP contribution in [0.2, 0.25) is 0 Å². The second kappa shape index (κ2) is 29.6. The van der Waals surface area contributed by atoms with Crippen LogP contribution in [0.25, 0.3) is 0 Å². The Hall–Kier alpha value is -2.09. The van der Waals surface area contributed by atoms with Gasteiger partial charge in [0.15, 0.2) is 0 Å². The Bertz CT molecular complexity index is 1370. The van der Waals surface area contributed by atoms with Gasteiger partial charge in [0.2, 0.25) is 11.8 Å². The number of carbonyl (C=O) groups is 3. The van der Waals surface area contributed by atoms with Crippen LogP contribution in [0.15, 0.2) is 11.6 Å². The summed E-state index contributed by atoms with van der Waals surface area (Å²) >= 11 is 0. The summed E-state index contributed by atoms with van der Waals surface area (Å²) in [6.07, 6.45) is 38.8. The molecule has 8 heteroatoms. The average Bonchev–Trinajstić information content (AvgIpc) is 3.63. The largest absolute Gasteiger partial charge is 0.446 e. The number of nitrogens with two attached hydrogens (primary N) is 1. The first-order chi connectivity index (χ1) is 30.9. The molecular formula is C56H102N4O4. The first kappa shape index (κ1) is 54.5. The number of hydrogen-bond acceptors (Lipinski definition) is 5. The molecule has 3 saturated carbocycles. The second-order valence-corrected chi connectivity index (χ2v) is 22.6. The molecule has 3 fully saturated rings. The van der Waals surface area contributed by atoms with E-state index in [1.165, 1.54) is 122 Å². The van der Waals surface area contributed by atoms with Gasteiger partial charge in [0.1, 0.15) is 6.10 Å². The molecule has 8 atom stereocenters. The highest BCUT2D eigenvalue weighted by atomic mass is 16.6. The van der Waals surface area contributed by atoms with Crippen LogP contribution in [0.1, 0.15) is 241 Å². The molecule has 4 N–H and O–H groups in total. The lowest BCUT2D eigenvalue weighted by Gasteiger charge is -2.58. The van der Waals surface area contributed by atoms with Crippen LogP contribution >= 0.6 is 0 Å². The van der Waals surface area contributed by atoms with E-state index >= 15 is 0 Å². The van der Waals surface area contributed by atoms with Gasteiger partial charge in [-0.15, -0.1) is 0 Å². The molecule has 4 rings (SSSR count). The van der Waals surface area contributed by atoms with E-state index in [-0.39, 0.29) is 36.0 Å². The van der Waals surface area contributed by atoms with Crippen molar-refractivity contribution in [2.24, 2.45) is 52.1 Å². The zero-order valence-corrected chi connectivity index (χ0v) is 42.7. The summed E-state index contributed by atoms with van der Waals surface area (Å²) in [5.74, 6) is 5.00. The molecule has 0 aliphatic heterocycles. The molecule has 0 spiro atoms. The lowest BCUT2D eigenvalue weighted by atomic mass is 9.47. The van der Waals surface area contributed by atoms with Gasteiger partial charge in [0, 0.05) is 32.5 Å². The summed E-state index contributed by atoms with van der Waals surface area (Å²) in [4.78, 5) is 40.8. The maximum absolute atomic E-state index is 13.3. The molecule has 370 valence electrons. The van der Waals surface area contributed by atoms with Crippen LogP contribution in [0.5, 0.6) is 0 Å². The van der Waals surface area contributed by atoms with Crippen molar-refractivity contribution in [3.8, 4) is 0 Å². The lowest BCUT2D eigenvalue weighted by molar-refractivity contribution is -0.136. The highest BCUT2D eigenvalue weighted by molar-refractivity contribution is 5.84. The summed E-state index contributed by atoms with van der Waals surface area (Å²) in [6, 6.07) is 0. The molecule has 0 unspecified atom stereocenters. The molecule has 4 aliphatic carbocycles. The normalized spacial score (nSPS) is 26.7. The molecule has 8 nitrogen and oxygen atoms in total. The van der Waals surface area contributed by atoms with Crippen molar-refractivity contribution >= 4 is 17.9 Å². The third-order valence-corrected chi connectivity index (χ3v) is 17.3. The SMILES string of the molecule is CCCCCCCCCCCCCCCC(=O)N(CCCCCCNC(=O)O[C@H]1CC[C@@]2(C)C(=CC[C@H]3[C@@H]4CC[C@H]([C@H](C)CCCC(C)C)[C@@]4(C)CC[C@@H]32)C1)CC(=O)NCCCCN. The van der Waals surface area contributed by atoms with Crippen LogP contribution < -0.4 is 16.4 Å². The number of fused-ring (bicyclic) bond motifs is 5. The fourth-order valence-corrected chi connectivity index (χ4v) is 13.4. The molecule has 0 heterocycles. The van der Waals surface area contributed by atoms with Gasteiger partial charge in [-0.1, -0.05) is 162 Å². The average molecular weight is 895 g/mol. The van der Waals surface area contributed by atoms with Gasteiger partial charge in [0.25, 0.3) is 0 Å². The highest BCUT2D eigenvalue weighted by Crippen LogP contribution is 2.67. The van der Waals surface area contributed by atoms with Crippen molar-refractivity contribution < 1.29 is 19.1 Å². The zero-order valence-electron chi connectivity index (χ0n) is 42.7. The molecule has 0 aromatic carbocycles. The maximum Gasteiger partial charge on any atom is 0.407 e. The fourth-order valence-electron chi connectivity index (χ4n) is 13.4. The van der Waals surface area contributed by atoms with Gasteiger partial charge in [-0.3, -0.25) is 9.59 Å². The molecule has 0 aromatic rings. The fraction of sp³-hybridized carbons (Fsp3) is 0.911. The summed E-state index contributed by atoms with van der Waals surface area (Å²) in [7, 11) is 0. The van der Waals surface area contributed by atoms with Crippen LogP contribution in [-0.4, -0.2) is 61.6 Å². The number of hydrogen-bond donors (Lipinski definition) is 3. The zero-order chi connectivity index (χ0) is 46.2. The topological polar surface area (TPSA) is 114 Å². The number of nitrogens with zero attached hydrogens (tertiary/aromatic N) is 1. The van der Waals surface area contributed by atoms with E-state index in [9.17, 15) is 14.4 Å². The van der Waals surface area contributed by atoms with Crippen LogP contribution in [0.4, 0.5) is 4.79 Å². The number of carbonyl (C=O) groups excluding carboxylic acids is 3. The van der Waals surface area contributed by atoms with E-state index in [0.717, 1.165) is 106 Å². The molecule has 3 amide bonds. The quantitative estimate of drug-likeness (QED) is 0.0448. The van der Waals surface area contributed by atoms with Gasteiger partial charge in [-0.2, -0.15) is 0 Å². The maximum atomic E-state index is 13.3. The standard InChI is InChI=1S/C56H102N4O4/c1-7-8-9-10-11-12-13-14-15-16-17-18-21-29-53(62)60(43-52(61)58-39-24-22-38-57)41-25-20-19-23-40-59-54(63)64-47-34-36-55(5)46(42-47)30-31-48-50-33-32-49(45(4)28-26-27-44(2)3)56(50,6)37-35-51(48)55/h30,44-45,47-51H,7-29,31-43,57H2,1-6H3,(H,58,61)(H,59,63)/t45-,47+,48+,49-,50+,51+,55+,56-/m1/s1. The Morgan fingerprint density at radius 2 is 1.38 bits per heavy atom. The number of ether oxygens (including phenoxy) is 1. The molecule has 0 aromatic heterocycles. The summed E-state index contributed by atoms with van der Waals surface area (Å²) in [5, 5.41) is 6.02. The van der Waals surface area contributed by atoms with Crippen molar-refractivity contribution in [2.75, 3.05) is 32.7 Å². The van der Waals surface area contributed by atoms with E-state index in [0.29, 0.717) is 38.0 Å². The van der Waals surface area contributed by atoms with E-state index in [1.807, 2.05) is 0 Å². The number of unbranched alkanes of at least 4 members (excludes halogenated alkanes) is 16. The van der Waals surface area contributed by atoms with Gasteiger partial charge >= 0.3 is 6.09 Å². The monoisotopic (exact) mass is 895 g/mol. The Kier molecular flexibility index (Phi) is 25.2.